The van der Waals surface area contributed by atoms with Gasteiger partial charge in [0.25, 0.3) is 5.91 Å². The summed E-state index contributed by atoms with van der Waals surface area (Å²) < 4.78 is 52.3. The Morgan fingerprint density at radius 1 is 1.23 bits per heavy atom. The average Bonchev–Trinajstić information content (AvgIpc) is 3.02. The van der Waals surface area contributed by atoms with Gasteiger partial charge in [0.2, 0.25) is 5.91 Å². The molecule has 4 rings (SSSR count). The first-order valence-electron chi connectivity index (χ1n) is 13.8. The molecule has 0 radical (unpaired) electrons. The Kier molecular flexibility index (Phi) is 7.31. The highest BCUT2D eigenvalue weighted by atomic mass is 32.2. The van der Waals surface area contributed by atoms with Gasteiger partial charge in [0.15, 0.2) is 12.0 Å². The summed E-state index contributed by atoms with van der Waals surface area (Å²) in [5.74, 6) is -3.30. The Balaban J connectivity index is 1.57. The van der Waals surface area contributed by atoms with Crippen LogP contribution in [-0.4, -0.2) is 65.4 Å². The number of ketones is 1. The second-order valence-electron chi connectivity index (χ2n) is 9.35. The molecule has 3 heterocycles. The number of sulfonamides is 1. The third-order valence-corrected chi connectivity index (χ3v) is 7.61. The van der Waals surface area contributed by atoms with Crippen molar-refractivity contribution in [2.24, 2.45) is 5.92 Å². The lowest BCUT2D eigenvalue weighted by molar-refractivity contribution is -0.646. The molecule has 12 nitrogen and oxygen atoms in total. The van der Waals surface area contributed by atoms with Crippen molar-refractivity contribution in [3.63, 3.8) is 0 Å². The fourth-order valence-electron chi connectivity index (χ4n) is 4.01. The molecule has 206 valence electrons. The highest BCUT2D eigenvalue weighted by Crippen LogP contribution is 2.18. The molecule has 1 aliphatic rings. The number of nitrogens with zero attached hydrogens (tertiary/aromatic N) is 4. The van der Waals surface area contributed by atoms with Gasteiger partial charge in [-0.3, -0.25) is 19.4 Å². The molecule has 1 saturated heterocycles. The molecular weight excluding hydrogens is 524 g/mol. The van der Waals surface area contributed by atoms with Gasteiger partial charge >= 0.3 is 15.0 Å². The molecule has 0 bridgehead atoms. The Labute approximate surface area is 230 Å². The van der Waals surface area contributed by atoms with Crippen molar-refractivity contribution < 1.29 is 31.6 Å². The van der Waals surface area contributed by atoms with E-state index in [1.807, 2.05) is 0 Å². The van der Waals surface area contributed by atoms with E-state index in [4.69, 9.17) is 4.11 Å². The third kappa shape index (κ3) is 6.55. The van der Waals surface area contributed by atoms with Crippen LogP contribution in [0.5, 0.6) is 0 Å². The van der Waals surface area contributed by atoms with E-state index < -0.39 is 64.2 Å². The summed E-state index contributed by atoms with van der Waals surface area (Å²) in [6, 6.07) is 6.62. The van der Waals surface area contributed by atoms with Gasteiger partial charge in [0.1, 0.15) is 11.7 Å². The highest BCUT2D eigenvalue weighted by Gasteiger charge is 2.37. The Hall–Kier alpha value is -3.97. The lowest BCUT2D eigenvalue weighted by Gasteiger charge is -2.23. The van der Waals surface area contributed by atoms with Crippen molar-refractivity contribution in [1.82, 2.24) is 24.9 Å². The van der Waals surface area contributed by atoms with Crippen LogP contribution in [0.2, 0.25) is 0 Å². The van der Waals surface area contributed by atoms with Crippen LogP contribution in [0, 0.1) is 11.1 Å². The summed E-state index contributed by atoms with van der Waals surface area (Å²) in [6.07, 6.45) is 1.67. The Morgan fingerprint density at radius 3 is 2.67 bits per heavy atom. The maximum Gasteiger partial charge on any atom is 0.323 e. The number of pyridine rings is 1. The second-order valence-corrected chi connectivity index (χ2v) is 11.2. The largest absolute Gasteiger partial charge is 0.618 e. The number of aromatic nitrogens is 3. The first-order chi connectivity index (χ1) is 19.7. The molecular formula is C26H30N6O6S. The average molecular weight is 558 g/mol. The molecule has 0 spiro atoms. The first kappa shape index (κ1) is 24.1. The van der Waals surface area contributed by atoms with Gasteiger partial charge in [0.05, 0.1) is 33.9 Å². The first-order valence-corrected chi connectivity index (χ1v) is 13.7. The molecule has 0 saturated carbocycles. The van der Waals surface area contributed by atoms with E-state index in [0.717, 1.165) is 12.3 Å². The molecule has 2 aromatic heterocycles. The van der Waals surface area contributed by atoms with Gasteiger partial charge < -0.3 is 15.8 Å². The molecule has 1 fully saturated rings. The van der Waals surface area contributed by atoms with Crippen molar-refractivity contribution >= 4 is 38.7 Å². The van der Waals surface area contributed by atoms with Crippen LogP contribution < -0.4 is 15.4 Å². The van der Waals surface area contributed by atoms with Gasteiger partial charge in [-0.1, -0.05) is 26.0 Å². The summed E-state index contributed by atoms with van der Waals surface area (Å²) in [6.45, 7) is -0.227. The zero-order valence-corrected chi connectivity index (χ0v) is 22.1. The maximum absolute atomic E-state index is 13.4. The minimum atomic E-state index is -4.81. The number of carbonyl (C=O) groups is 3. The van der Waals surface area contributed by atoms with Crippen molar-refractivity contribution in [2.45, 2.75) is 50.2 Å². The summed E-state index contributed by atoms with van der Waals surface area (Å²) in [5, 5.41) is 16.2. The van der Waals surface area contributed by atoms with Crippen molar-refractivity contribution in [2.75, 3.05) is 13.0 Å². The van der Waals surface area contributed by atoms with Crippen LogP contribution in [0.3, 0.4) is 0 Å². The highest BCUT2D eigenvalue weighted by molar-refractivity contribution is 7.89. The number of para-hydroxylation sites is 2. The van der Waals surface area contributed by atoms with Gasteiger partial charge in [-0.2, -0.15) is 9.04 Å². The van der Waals surface area contributed by atoms with E-state index in [1.54, 1.807) is 38.1 Å². The summed E-state index contributed by atoms with van der Waals surface area (Å²) in [5.41, 5.74) is 0.968. The lowest BCUT2D eigenvalue weighted by Crippen LogP contribution is -2.53. The third-order valence-electron chi connectivity index (χ3n) is 5.92. The van der Waals surface area contributed by atoms with E-state index in [2.05, 4.69) is 20.6 Å². The van der Waals surface area contributed by atoms with E-state index >= 15 is 0 Å². The summed E-state index contributed by atoms with van der Waals surface area (Å²) >= 11 is 0. The Morgan fingerprint density at radius 2 is 1.95 bits per heavy atom. The van der Waals surface area contributed by atoms with Crippen LogP contribution in [0.25, 0.3) is 11.0 Å². The molecule has 3 aromatic rings. The normalized spacial score (nSPS) is 21.8. The minimum Gasteiger partial charge on any atom is -0.618 e. The number of rotatable bonds is 8. The number of carbonyl (C=O) groups excluding carboxylic acids is 3. The quantitative estimate of drug-likeness (QED) is 0.305. The standard InChI is InChI=1S/C26H30N6O6S/c1-17(2)14-21(30-26(35)22-15-27-18-8-3-4-9-19(18)28-22)25(34)29-20-10-7-12-31(16-23(20)33)39(37,38)24-11-5-6-13-32(24)36/h3-6,8-9,11,13,15,17,20-21H,7,10,12,14,16H2,1-2H3,(H,29,34)(H,30,35)/t20-,21-/m0/s1/i16D2,20D. The number of amides is 2. The lowest BCUT2D eigenvalue weighted by atomic mass is 10.0. The van der Waals surface area contributed by atoms with E-state index in [9.17, 15) is 28.0 Å². The van der Waals surface area contributed by atoms with Gasteiger partial charge in [-0.15, -0.1) is 0 Å². The van der Waals surface area contributed by atoms with E-state index in [-0.39, 0.29) is 33.5 Å². The molecule has 1 aromatic carbocycles. The van der Waals surface area contributed by atoms with Crippen LogP contribution >= 0.6 is 0 Å². The molecule has 39 heavy (non-hydrogen) atoms. The smallest absolute Gasteiger partial charge is 0.323 e. The topological polar surface area (TPSA) is 165 Å². The molecule has 2 atom stereocenters. The van der Waals surface area contributed by atoms with E-state index in [0.29, 0.717) is 11.0 Å². The second kappa shape index (κ2) is 11.8. The van der Waals surface area contributed by atoms with Gasteiger partial charge in [-0.05, 0) is 43.4 Å². The predicted molar refractivity (Wildman–Crippen MR) is 141 cm³/mol. The number of Topliss-reactive ketones (excluding diaryl/α,β-unsaturated/α-hetero) is 1. The van der Waals surface area contributed by atoms with Crippen molar-refractivity contribution in [3.8, 4) is 0 Å². The number of benzene rings is 1. The number of fused-ring (bicyclic) bond motifs is 1. The zero-order chi connectivity index (χ0) is 30.9. The molecule has 0 aliphatic carbocycles. The van der Waals surface area contributed by atoms with Crippen molar-refractivity contribution in [3.05, 3.63) is 65.8 Å². The predicted octanol–water partition coefficient (Wildman–Crippen LogP) is 0.946. The molecule has 0 unspecified atom stereocenters. The zero-order valence-electron chi connectivity index (χ0n) is 24.3. The van der Waals surface area contributed by atoms with Crippen LogP contribution in [0.15, 0.2) is 59.9 Å². The number of hydrogen-bond acceptors (Lipinski definition) is 8. The van der Waals surface area contributed by atoms with E-state index in [1.165, 1.54) is 18.3 Å². The fourth-order valence-corrected chi connectivity index (χ4v) is 5.35. The fraction of sp³-hybridized carbons (Fsp3) is 0.385. The molecule has 13 heteroatoms. The van der Waals surface area contributed by atoms with Gasteiger partial charge in [-0.25, -0.2) is 13.4 Å². The number of nitrogens with one attached hydrogen (secondary N) is 2. The Bertz CT molecular complexity index is 1640. The van der Waals surface area contributed by atoms with Crippen molar-refractivity contribution in [1.29, 1.82) is 0 Å². The van der Waals surface area contributed by atoms with Crippen LogP contribution in [0.1, 0.15) is 47.7 Å². The van der Waals surface area contributed by atoms with Gasteiger partial charge in [0, 0.05) is 18.7 Å². The van der Waals surface area contributed by atoms with Crippen LogP contribution in [0.4, 0.5) is 0 Å². The summed E-state index contributed by atoms with van der Waals surface area (Å²) in [4.78, 5) is 48.3. The minimum absolute atomic E-state index is 0.0373. The molecule has 2 amide bonds. The number of hydrogen-bond donors (Lipinski definition) is 2. The SMILES string of the molecule is [2H]C1([2H])C(=O)[C@@]([2H])(NC(=O)[C@H](CC(C)C)NC(=O)c2cnc3ccccc3n2)CCCN1S(=O)(=O)c1cccc[n+]1[O-]. The molecule has 1 aliphatic heterocycles. The maximum atomic E-state index is 13.4. The summed E-state index contributed by atoms with van der Waals surface area (Å²) in [7, 11) is -4.81. The molecule has 2 N–H and O–H groups in total. The monoisotopic (exact) mass is 557 g/mol. The van der Waals surface area contributed by atoms with Crippen LogP contribution in [-0.2, 0) is 19.6 Å².